The lowest BCUT2D eigenvalue weighted by molar-refractivity contribution is -0.311. The number of hydrogen-bond donors (Lipinski definition) is 0. The molecule has 1 aliphatic heterocycles. The van der Waals surface area contributed by atoms with E-state index in [9.17, 15) is 14.7 Å². The van der Waals surface area contributed by atoms with Crippen molar-refractivity contribution in [1.29, 1.82) is 0 Å². The SMILES string of the molecule is C=CCN1C[C@H](C(=O)[O-])CC1=O. The van der Waals surface area contributed by atoms with Gasteiger partial charge in [-0.25, -0.2) is 0 Å². The van der Waals surface area contributed by atoms with Gasteiger partial charge in [-0.15, -0.1) is 6.58 Å². The largest absolute Gasteiger partial charge is 0.550 e. The summed E-state index contributed by atoms with van der Waals surface area (Å²) in [6, 6.07) is 0. The van der Waals surface area contributed by atoms with E-state index in [-0.39, 0.29) is 18.9 Å². The van der Waals surface area contributed by atoms with Crippen LogP contribution >= 0.6 is 0 Å². The minimum atomic E-state index is -1.14. The molecule has 1 aliphatic rings. The van der Waals surface area contributed by atoms with Gasteiger partial charge in [0.2, 0.25) is 5.91 Å². The molecule has 0 unspecified atom stereocenters. The van der Waals surface area contributed by atoms with Gasteiger partial charge >= 0.3 is 0 Å². The highest BCUT2D eigenvalue weighted by molar-refractivity contribution is 5.85. The summed E-state index contributed by atoms with van der Waals surface area (Å²) in [5, 5.41) is 10.4. The molecule has 4 nitrogen and oxygen atoms in total. The van der Waals surface area contributed by atoms with Crippen molar-refractivity contribution in [2.24, 2.45) is 5.92 Å². The van der Waals surface area contributed by atoms with Gasteiger partial charge in [-0.05, 0) is 0 Å². The first kappa shape index (κ1) is 8.77. The Labute approximate surface area is 70.5 Å². The second kappa shape index (κ2) is 3.38. The molecule has 0 bridgehead atoms. The highest BCUT2D eigenvalue weighted by Gasteiger charge is 2.29. The molecule has 0 aromatic heterocycles. The third-order valence-corrected chi connectivity index (χ3v) is 1.90. The Balaban J connectivity index is 2.55. The normalized spacial score (nSPS) is 22.8. The summed E-state index contributed by atoms with van der Waals surface area (Å²) in [4.78, 5) is 22.9. The van der Waals surface area contributed by atoms with Gasteiger partial charge in [0.1, 0.15) is 0 Å². The van der Waals surface area contributed by atoms with Crippen LogP contribution < -0.4 is 5.11 Å². The van der Waals surface area contributed by atoms with Gasteiger partial charge in [0.05, 0.1) is 0 Å². The predicted octanol–water partition coefficient (Wildman–Crippen LogP) is -1.23. The van der Waals surface area contributed by atoms with Crippen LogP contribution in [0.2, 0.25) is 0 Å². The van der Waals surface area contributed by atoms with Crippen LogP contribution in [0, 0.1) is 5.92 Å². The van der Waals surface area contributed by atoms with E-state index in [1.807, 2.05) is 0 Å². The third kappa shape index (κ3) is 1.64. The number of likely N-dealkylation sites (tertiary alicyclic amines) is 1. The highest BCUT2D eigenvalue weighted by atomic mass is 16.4. The highest BCUT2D eigenvalue weighted by Crippen LogP contribution is 2.16. The fraction of sp³-hybridized carbons (Fsp3) is 0.500. The molecule has 0 aromatic carbocycles. The molecule has 66 valence electrons. The Morgan fingerprint density at radius 2 is 2.50 bits per heavy atom. The molecule has 1 heterocycles. The quantitative estimate of drug-likeness (QED) is 0.496. The van der Waals surface area contributed by atoms with Crippen LogP contribution in [-0.2, 0) is 9.59 Å². The summed E-state index contributed by atoms with van der Waals surface area (Å²) >= 11 is 0. The van der Waals surface area contributed by atoms with E-state index in [0.29, 0.717) is 6.54 Å². The van der Waals surface area contributed by atoms with Crippen LogP contribution in [0.4, 0.5) is 0 Å². The molecule has 1 fully saturated rings. The number of rotatable bonds is 3. The Hall–Kier alpha value is -1.32. The van der Waals surface area contributed by atoms with Crippen molar-refractivity contribution in [1.82, 2.24) is 4.90 Å². The molecular formula is C8H10NO3-. The van der Waals surface area contributed by atoms with Crippen molar-refractivity contribution in [2.45, 2.75) is 6.42 Å². The van der Waals surface area contributed by atoms with Gasteiger partial charge in [0, 0.05) is 31.4 Å². The second-order valence-corrected chi connectivity index (χ2v) is 2.81. The standard InChI is InChI=1S/C8H11NO3/c1-2-3-9-5-6(8(11)12)4-7(9)10/h2,6H,1,3-5H2,(H,11,12)/p-1/t6-/m1/s1. The maximum atomic E-state index is 11.1. The van der Waals surface area contributed by atoms with Gasteiger partial charge < -0.3 is 14.8 Å². The van der Waals surface area contributed by atoms with E-state index >= 15 is 0 Å². The maximum Gasteiger partial charge on any atom is 0.223 e. The Kier molecular flexibility index (Phi) is 2.47. The fourth-order valence-corrected chi connectivity index (χ4v) is 1.26. The number of carbonyl (C=O) groups is 2. The molecule has 1 saturated heterocycles. The predicted molar refractivity (Wildman–Crippen MR) is 39.9 cm³/mol. The van der Waals surface area contributed by atoms with Gasteiger partial charge in [-0.1, -0.05) is 6.08 Å². The number of hydrogen-bond acceptors (Lipinski definition) is 3. The zero-order valence-corrected chi connectivity index (χ0v) is 6.66. The topological polar surface area (TPSA) is 60.4 Å². The number of carboxylic acid groups (broad SMARTS) is 1. The first-order valence-electron chi connectivity index (χ1n) is 3.74. The average molecular weight is 168 g/mol. The van der Waals surface area contributed by atoms with Crippen molar-refractivity contribution < 1.29 is 14.7 Å². The number of carboxylic acids is 1. The lowest BCUT2D eigenvalue weighted by Crippen LogP contribution is -2.33. The van der Waals surface area contributed by atoms with Crippen LogP contribution in [0.25, 0.3) is 0 Å². The smallest absolute Gasteiger partial charge is 0.223 e. The summed E-state index contributed by atoms with van der Waals surface area (Å²) in [5.41, 5.74) is 0. The third-order valence-electron chi connectivity index (χ3n) is 1.90. The minimum Gasteiger partial charge on any atom is -0.550 e. The molecule has 1 rings (SSSR count). The van der Waals surface area contributed by atoms with Crippen LogP contribution in [0.15, 0.2) is 12.7 Å². The van der Waals surface area contributed by atoms with Crippen LogP contribution in [0.5, 0.6) is 0 Å². The van der Waals surface area contributed by atoms with E-state index < -0.39 is 11.9 Å². The van der Waals surface area contributed by atoms with E-state index in [2.05, 4.69) is 6.58 Å². The molecule has 0 aliphatic carbocycles. The summed E-state index contributed by atoms with van der Waals surface area (Å²) in [6.45, 7) is 4.15. The lowest BCUT2D eigenvalue weighted by atomic mass is 10.1. The molecule has 0 aromatic rings. The van der Waals surface area contributed by atoms with E-state index in [4.69, 9.17) is 0 Å². The molecule has 0 spiro atoms. The minimum absolute atomic E-state index is 0.0656. The number of amides is 1. The first-order chi connectivity index (χ1) is 5.65. The summed E-state index contributed by atoms with van der Waals surface area (Å²) in [5.74, 6) is -1.92. The molecule has 0 saturated carbocycles. The molecule has 0 N–H and O–H groups in total. The number of carbonyl (C=O) groups excluding carboxylic acids is 2. The van der Waals surface area contributed by atoms with Gasteiger partial charge in [-0.3, -0.25) is 4.79 Å². The zero-order valence-electron chi connectivity index (χ0n) is 6.66. The van der Waals surface area contributed by atoms with Crippen molar-refractivity contribution in [3.8, 4) is 0 Å². The summed E-state index contributed by atoms with van der Waals surface area (Å²) in [6.07, 6.45) is 1.64. The van der Waals surface area contributed by atoms with Crippen molar-refractivity contribution >= 4 is 11.9 Å². The van der Waals surface area contributed by atoms with Crippen molar-refractivity contribution in [2.75, 3.05) is 13.1 Å². The molecule has 0 radical (unpaired) electrons. The fourth-order valence-electron chi connectivity index (χ4n) is 1.26. The molecule has 1 amide bonds. The summed E-state index contributed by atoms with van der Waals surface area (Å²) < 4.78 is 0. The van der Waals surface area contributed by atoms with E-state index in [1.54, 1.807) is 6.08 Å². The molecular weight excluding hydrogens is 158 g/mol. The second-order valence-electron chi connectivity index (χ2n) is 2.81. The van der Waals surface area contributed by atoms with E-state index in [1.165, 1.54) is 4.90 Å². The van der Waals surface area contributed by atoms with Crippen LogP contribution in [0.3, 0.4) is 0 Å². The lowest BCUT2D eigenvalue weighted by Gasteiger charge is -2.14. The van der Waals surface area contributed by atoms with Gasteiger partial charge in [0.25, 0.3) is 0 Å². The molecule has 4 heteroatoms. The monoisotopic (exact) mass is 168 g/mol. The van der Waals surface area contributed by atoms with Gasteiger partial charge in [-0.2, -0.15) is 0 Å². The van der Waals surface area contributed by atoms with Crippen molar-refractivity contribution in [3.05, 3.63) is 12.7 Å². The van der Waals surface area contributed by atoms with Crippen LogP contribution in [-0.4, -0.2) is 29.9 Å². The maximum absolute atomic E-state index is 11.1. The molecule has 12 heavy (non-hydrogen) atoms. The average Bonchev–Trinajstić information content (AvgIpc) is 2.34. The Morgan fingerprint density at radius 3 is 2.92 bits per heavy atom. The number of nitrogens with zero attached hydrogens (tertiary/aromatic N) is 1. The first-order valence-corrected chi connectivity index (χ1v) is 3.74. The number of aliphatic carboxylic acids is 1. The van der Waals surface area contributed by atoms with Gasteiger partial charge in [0.15, 0.2) is 0 Å². The summed E-state index contributed by atoms with van der Waals surface area (Å²) in [7, 11) is 0. The van der Waals surface area contributed by atoms with Crippen molar-refractivity contribution in [3.63, 3.8) is 0 Å². The van der Waals surface area contributed by atoms with Crippen LogP contribution in [0.1, 0.15) is 6.42 Å². The molecule has 1 atom stereocenters. The zero-order chi connectivity index (χ0) is 9.14. The Bertz CT molecular complexity index is 224. The van der Waals surface area contributed by atoms with E-state index in [0.717, 1.165) is 0 Å². The Morgan fingerprint density at radius 1 is 1.83 bits per heavy atom.